The molecule has 9 heteroatoms. The van der Waals surface area contributed by atoms with E-state index in [1.165, 1.54) is 6.92 Å². The van der Waals surface area contributed by atoms with Crippen molar-refractivity contribution in [1.82, 2.24) is 0 Å². The number of carbonyl (C=O) groups is 2. The van der Waals surface area contributed by atoms with Crippen molar-refractivity contribution in [3.8, 4) is 11.5 Å². The third-order valence-corrected chi connectivity index (χ3v) is 5.42. The second-order valence-corrected chi connectivity index (χ2v) is 8.89. The van der Waals surface area contributed by atoms with Gasteiger partial charge in [-0.2, -0.15) is 0 Å². The lowest BCUT2D eigenvalue weighted by atomic mass is 10.2. The van der Waals surface area contributed by atoms with Crippen molar-refractivity contribution in [2.24, 2.45) is 0 Å². The lowest BCUT2D eigenvalue weighted by molar-refractivity contribution is -0.115. The number of sulfonamides is 1. The molecular weight excluding hydrogens is 430 g/mol. The number of anilines is 3. The normalized spacial score (nSPS) is 10.8. The number of carbonyl (C=O) groups excluding carboxylic acids is 2. The van der Waals surface area contributed by atoms with Crippen LogP contribution in [0.15, 0.2) is 78.9 Å². The van der Waals surface area contributed by atoms with Crippen LogP contribution in [0.3, 0.4) is 0 Å². The lowest BCUT2D eigenvalue weighted by Crippen LogP contribution is -2.37. The van der Waals surface area contributed by atoms with Gasteiger partial charge in [-0.1, -0.05) is 18.2 Å². The quantitative estimate of drug-likeness (QED) is 0.539. The van der Waals surface area contributed by atoms with Gasteiger partial charge in [0.05, 0.1) is 11.9 Å². The molecule has 0 aliphatic rings. The van der Waals surface area contributed by atoms with Crippen LogP contribution >= 0.6 is 0 Å². The minimum Gasteiger partial charge on any atom is -0.457 e. The molecule has 0 heterocycles. The molecule has 2 amide bonds. The van der Waals surface area contributed by atoms with Gasteiger partial charge in [-0.3, -0.25) is 13.9 Å². The molecule has 8 nitrogen and oxygen atoms in total. The minimum absolute atomic E-state index is 0.203. The number of benzene rings is 3. The number of ether oxygens (including phenoxy) is 1. The molecule has 0 aliphatic carbocycles. The fraction of sp³-hybridized carbons (Fsp3) is 0.130. The molecule has 0 spiro atoms. The van der Waals surface area contributed by atoms with Crippen LogP contribution in [0.5, 0.6) is 11.5 Å². The molecule has 0 saturated carbocycles. The summed E-state index contributed by atoms with van der Waals surface area (Å²) in [6, 6.07) is 22.1. The zero-order valence-electron chi connectivity index (χ0n) is 17.6. The van der Waals surface area contributed by atoms with Gasteiger partial charge in [0.15, 0.2) is 0 Å². The third-order valence-electron chi connectivity index (χ3n) is 4.28. The predicted octanol–water partition coefficient (Wildman–Crippen LogP) is 3.84. The van der Waals surface area contributed by atoms with Crippen LogP contribution in [0.4, 0.5) is 17.1 Å². The van der Waals surface area contributed by atoms with Crippen LogP contribution in [-0.4, -0.2) is 33.0 Å². The average molecular weight is 454 g/mol. The summed E-state index contributed by atoms with van der Waals surface area (Å²) in [7, 11) is -3.71. The highest BCUT2D eigenvalue weighted by atomic mass is 32.2. The highest BCUT2D eigenvalue weighted by Gasteiger charge is 2.21. The molecular formula is C23H23N3O5S. The van der Waals surface area contributed by atoms with Crippen LogP contribution in [0, 0.1) is 0 Å². The number of hydrogen-bond donors (Lipinski definition) is 2. The monoisotopic (exact) mass is 453 g/mol. The van der Waals surface area contributed by atoms with E-state index in [-0.39, 0.29) is 5.91 Å². The first-order valence-corrected chi connectivity index (χ1v) is 11.5. The van der Waals surface area contributed by atoms with Crippen molar-refractivity contribution < 1.29 is 22.7 Å². The summed E-state index contributed by atoms with van der Waals surface area (Å²) < 4.78 is 31.4. The minimum atomic E-state index is -3.71. The largest absolute Gasteiger partial charge is 0.457 e. The first kappa shape index (κ1) is 22.8. The van der Waals surface area contributed by atoms with Crippen LogP contribution in [-0.2, 0) is 19.6 Å². The Balaban J connectivity index is 1.68. The number of hydrogen-bond acceptors (Lipinski definition) is 5. The summed E-state index contributed by atoms with van der Waals surface area (Å²) >= 11 is 0. The summed E-state index contributed by atoms with van der Waals surface area (Å²) in [6.45, 7) is 1.00. The van der Waals surface area contributed by atoms with Crippen molar-refractivity contribution >= 4 is 38.9 Å². The van der Waals surface area contributed by atoms with Gasteiger partial charge in [-0.25, -0.2) is 8.42 Å². The number of para-hydroxylation sites is 1. The van der Waals surface area contributed by atoms with E-state index in [9.17, 15) is 18.0 Å². The lowest BCUT2D eigenvalue weighted by Gasteiger charge is -2.22. The number of rotatable bonds is 8. The van der Waals surface area contributed by atoms with Crippen LogP contribution in [0.1, 0.15) is 6.92 Å². The number of nitrogens with one attached hydrogen (secondary N) is 2. The summed E-state index contributed by atoms with van der Waals surface area (Å²) in [4.78, 5) is 23.6. The van der Waals surface area contributed by atoms with Gasteiger partial charge in [0.25, 0.3) is 0 Å². The fourth-order valence-electron chi connectivity index (χ4n) is 2.88. The van der Waals surface area contributed by atoms with E-state index in [0.717, 1.165) is 10.6 Å². The molecule has 0 aliphatic heterocycles. The highest BCUT2D eigenvalue weighted by Crippen LogP contribution is 2.25. The molecule has 0 aromatic heterocycles. The van der Waals surface area contributed by atoms with Crippen LogP contribution < -0.4 is 19.7 Å². The number of nitrogens with zero attached hydrogens (tertiary/aromatic N) is 1. The Bertz CT molecular complexity index is 1180. The predicted molar refractivity (Wildman–Crippen MR) is 125 cm³/mol. The molecule has 32 heavy (non-hydrogen) atoms. The highest BCUT2D eigenvalue weighted by molar-refractivity contribution is 7.92. The van der Waals surface area contributed by atoms with E-state index >= 15 is 0 Å². The van der Waals surface area contributed by atoms with Crippen LogP contribution in [0.25, 0.3) is 0 Å². The Morgan fingerprint density at radius 3 is 1.88 bits per heavy atom. The zero-order chi connectivity index (χ0) is 23.1. The Hall–Kier alpha value is -3.85. The maximum absolute atomic E-state index is 12.5. The molecule has 0 radical (unpaired) electrons. The second-order valence-electron chi connectivity index (χ2n) is 6.99. The van der Waals surface area contributed by atoms with Gasteiger partial charge in [0.2, 0.25) is 21.8 Å². The maximum atomic E-state index is 12.5. The summed E-state index contributed by atoms with van der Waals surface area (Å²) in [5.41, 5.74) is 1.40. The molecule has 0 bridgehead atoms. The SMILES string of the molecule is CC(=O)Nc1ccc(NC(=O)CN(c2ccc(Oc3ccccc3)cc2)S(C)(=O)=O)cc1. The molecule has 2 N–H and O–H groups in total. The van der Waals surface area contributed by atoms with E-state index in [0.29, 0.717) is 28.6 Å². The van der Waals surface area contributed by atoms with Crippen molar-refractivity contribution in [2.45, 2.75) is 6.92 Å². The van der Waals surface area contributed by atoms with Gasteiger partial charge in [-0.05, 0) is 60.7 Å². The Morgan fingerprint density at radius 2 is 1.34 bits per heavy atom. The van der Waals surface area contributed by atoms with Gasteiger partial charge < -0.3 is 15.4 Å². The summed E-state index contributed by atoms with van der Waals surface area (Å²) in [5, 5.41) is 5.29. The first-order valence-electron chi connectivity index (χ1n) is 9.69. The smallest absolute Gasteiger partial charge is 0.245 e. The molecule has 3 aromatic rings. The molecule has 0 atom stereocenters. The molecule has 3 aromatic carbocycles. The van der Waals surface area contributed by atoms with Gasteiger partial charge in [-0.15, -0.1) is 0 Å². The van der Waals surface area contributed by atoms with E-state index in [4.69, 9.17) is 4.74 Å². The van der Waals surface area contributed by atoms with Gasteiger partial charge >= 0.3 is 0 Å². The van der Waals surface area contributed by atoms with Crippen molar-refractivity contribution in [1.29, 1.82) is 0 Å². The Morgan fingerprint density at radius 1 is 0.812 bits per heavy atom. The Labute approximate surface area is 186 Å². The standard InChI is InChI=1S/C23H23N3O5S/c1-17(27)24-18-8-10-19(11-9-18)25-23(28)16-26(32(2,29)30)20-12-14-22(15-13-20)31-21-6-4-3-5-7-21/h3-15H,16H2,1-2H3,(H,24,27)(H,25,28). The molecule has 0 saturated heterocycles. The van der Waals surface area contributed by atoms with Crippen molar-refractivity contribution in [2.75, 3.05) is 27.7 Å². The molecule has 166 valence electrons. The van der Waals surface area contributed by atoms with E-state index in [1.54, 1.807) is 48.5 Å². The van der Waals surface area contributed by atoms with Crippen molar-refractivity contribution in [3.63, 3.8) is 0 Å². The summed E-state index contributed by atoms with van der Waals surface area (Å²) in [6.07, 6.45) is 1.04. The third kappa shape index (κ3) is 6.58. The van der Waals surface area contributed by atoms with Crippen molar-refractivity contribution in [3.05, 3.63) is 78.9 Å². The molecule has 0 fully saturated rings. The topological polar surface area (TPSA) is 105 Å². The molecule has 0 unspecified atom stereocenters. The molecule has 3 rings (SSSR count). The summed E-state index contributed by atoms with van der Waals surface area (Å²) in [5.74, 6) is 0.485. The van der Waals surface area contributed by atoms with E-state index in [2.05, 4.69) is 10.6 Å². The number of amides is 2. The Kier molecular flexibility index (Phi) is 7.11. The maximum Gasteiger partial charge on any atom is 0.245 e. The van der Waals surface area contributed by atoms with Gasteiger partial charge in [0, 0.05) is 18.3 Å². The van der Waals surface area contributed by atoms with E-state index < -0.39 is 22.5 Å². The first-order chi connectivity index (χ1) is 15.2. The average Bonchev–Trinajstić information content (AvgIpc) is 2.74. The zero-order valence-corrected chi connectivity index (χ0v) is 18.4. The fourth-order valence-corrected chi connectivity index (χ4v) is 3.73. The van der Waals surface area contributed by atoms with E-state index in [1.807, 2.05) is 30.3 Å². The van der Waals surface area contributed by atoms with Gasteiger partial charge in [0.1, 0.15) is 18.0 Å². The second kappa shape index (κ2) is 9.97. The van der Waals surface area contributed by atoms with Crippen LogP contribution in [0.2, 0.25) is 0 Å².